The highest BCUT2D eigenvalue weighted by Crippen LogP contribution is 2.16. The molecule has 0 aliphatic carbocycles. The quantitative estimate of drug-likeness (QED) is 0.663. The van der Waals surface area contributed by atoms with Crippen LogP contribution in [0.5, 0.6) is 0 Å². The van der Waals surface area contributed by atoms with Crippen LogP contribution in [0.15, 0.2) is 29.2 Å². The van der Waals surface area contributed by atoms with Crippen molar-refractivity contribution in [2.45, 2.75) is 11.3 Å². The predicted octanol–water partition coefficient (Wildman–Crippen LogP) is 0.731. The monoisotopic (exact) mass is 369 g/mol. The zero-order valence-corrected chi connectivity index (χ0v) is 16.0. The van der Waals surface area contributed by atoms with Crippen LogP contribution in [0.2, 0.25) is 0 Å². The molecule has 0 aromatic heterocycles. The molecule has 1 aliphatic rings. The SMILES string of the molecule is COCCCN1CCN(C(=O)c2ccc(S(=O)(=O)N(C)C)cc2)CC1. The molecule has 0 spiro atoms. The highest BCUT2D eigenvalue weighted by molar-refractivity contribution is 7.89. The number of rotatable bonds is 7. The molecule has 0 bridgehead atoms. The van der Waals surface area contributed by atoms with E-state index in [2.05, 4.69) is 4.90 Å². The van der Waals surface area contributed by atoms with Crippen molar-refractivity contribution < 1.29 is 17.9 Å². The van der Waals surface area contributed by atoms with Crippen LogP contribution in [0, 0.1) is 0 Å². The van der Waals surface area contributed by atoms with Gasteiger partial charge in [-0.25, -0.2) is 12.7 Å². The van der Waals surface area contributed by atoms with E-state index in [9.17, 15) is 13.2 Å². The van der Waals surface area contributed by atoms with Crippen molar-refractivity contribution in [3.8, 4) is 0 Å². The van der Waals surface area contributed by atoms with E-state index in [-0.39, 0.29) is 10.8 Å². The fraction of sp³-hybridized carbons (Fsp3) is 0.588. The Hall–Kier alpha value is -1.48. The summed E-state index contributed by atoms with van der Waals surface area (Å²) in [5.74, 6) is -0.0506. The smallest absolute Gasteiger partial charge is 0.253 e. The standard InChI is InChI=1S/C17H27N3O4S/c1-18(2)25(22,23)16-7-5-15(6-8-16)17(21)20-12-10-19(11-13-20)9-4-14-24-3/h5-8H,4,9-14H2,1-3H3. The number of methoxy groups -OCH3 is 1. The fourth-order valence-electron chi connectivity index (χ4n) is 2.77. The molecule has 1 aromatic rings. The van der Waals surface area contributed by atoms with E-state index in [1.165, 1.54) is 26.2 Å². The number of carbonyl (C=O) groups is 1. The Morgan fingerprint density at radius 2 is 1.72 bits per heavy atom. The molecule has 1 fully saturated rings. The molecule has 140 valence electrons. The van der Waals surface area contributed by atoms with Crippen molar-refractivity contribution in [3.63, 3.8) is 0 Å². The number of piperazine rings is 1. The van der Waals surface area contributed by atoms with Crippen molar-refractivity contribution >= 4 is 15.9 Å². The van der Waals surface area contributed by atoms with Crippen LogP contribution in [0.1, 0.15) is 16.8 Å². The van der Waals surface area contributed by atoms with Crippen molar-refractivity contribution in [2.24, 2.45) is 0 Å². The number of hydrogen-bond acceptors (Lipinski definition) is 5. The molecular weight excluding hydrogens is 342 g/mol. The summed E-state index contributed by atoms with van der Waals surface area (Å²) in [5, 5.41) is 0. The lowest BCUT2D eigenvalue weighted by Gasteiger charge is -2.34. The third-order valence-corrected chi connectivity index (χ3v) is 6.19. The van der Waals surface area contributed by atoms with Gasteiger partial charge in [-0.2, -0.15) is 0 Å². The van der Waals surface area contributed by atoms with E-state index in [1.807, 2.05) is 4.90 Å². The van der Waals surface area contributed by atoms with Crippen molar-refractivity contribution in [1.29, 1.82) is 0 Å². The van der Waals surface area contributed by atoms with Gasteiger partial charge in [0, 0.05) is 66.1 Å². The van der Waals surface area contributed by atoms with Crippen molar-refractivity contribution in [3.05, 3.63) is 29.8 Å². The summed E-state index contributed by atoms with van der Waals surface area (Å²) < 4.78 is 30.4. The van der Waals surface area contributed by atoms with E-state index in [0.29, 0.717) is 18.7 Å². The summed E-state index contributed by atoms with van der Waals surface area (Å²) in [5.41, 5.74) is 0.519. The first-order valence-electron chi connectivity index (χ1n) is 8.39. The molecule has 0 saturated carbocycles. The van der Waals surface area contributed by atoms with Gasteiger partial charge in [-0.1, -0.05) is 0 Å². The number of amides is 1. The fourth-order valence-corrected chi connectivity index (χ4v) is 3.67. The van der Waals surface area contributed by atoms with Gasteiger partial charge in [-0.3, -0.25) is 9.69 Å². The maximum atomic E-state index is 12.6. The molecule has 1 aliphatic heterocycles. The Morgan fingerprint density at radius 1 is 1.12 bits per heavy atom. The van der Waals surface area contributed by atoms with Gasteiger partial charge in [0.25, 0.3) is 5.91 Å². The average molecular weight is 369 g/mol. The zero-order valence-electron chi connectivity index (χ0n) is 15.1. The lowest BCUT2D eigenvalue weighted by atomic mass is 10.2. The van der Waals surface area contributed by atoms with Crippen LogP contribution in [-0.4, -0.2) is 89.0 Å². The first-order valence-corrected chi connectivity index (χ1v) is 9.83. The Bertz CT molecular complexity index is 666. The van der Waals surface area contributed by atoms with Gasteiger partial charge in [0.15, 0.2) is 0 Å². The Morgan fingerprint density at radius 3 is 2.24 bits per heavy atom. The Balaban J connectivity index is 1.94. The molecule has 2 rings (SSSR count). The van der Waals surface area contributed by atoms with Gasteiger partial charge in [0.1, 0.15) is 0 Å². The van der Waals surface area contributed by atoms with E-state index < -0.39 is 10.0 Å². The van der Waals surface area contributed by atoms with Crippen LogP contribution >= 0.6 is 0 Å². The van der Waals surface area contributed by atoms with Gasteiger partial charge >= 0.3 is 0 Å². The van der Waals surface area contributed by atoms with Crippen molar-refractivity contribution in [1.82, 2.24) is 14.1 Å². The summed E-state index contributed by atoms with van der Waals surface area (Å²) >= 11 is 0. The second kappa shape index (κ2) is 8.75. The summed E-state index contributed by atoms with van der Waals surface area (Å²) in [6.07, 6.45) is 0.992. The molecule has 1 heterocycles. The van der Waals surface area contributed by atoms with E-state index in [0.717, 1.165) is 37.0 Å². The lowest BCUT2D eigenvalue weighted by Crippen LogP contribution is -2.48. The van der Waals surface area contributed by atoms with Gasteiger partial charge < -0.3 is 9.64 Å². The first-order chi connectivity index (χ1) is 11.9. The molecule has 7 nitrogen and oxygen atoms in total. The third-order valence-electron chi connectivity index (χ3n) is 4.36. The van der Waals surface area contributed by atoms with E-state index >= 15 is 0 Å². The normalized spacial score (nSPS) is 16.4. The lowest BCUT2D eigenvalue weighted by molar-refractivity contribution is 0.0624. The number of benzene rings is 1. The van der Waals surface area contributed by atoms with Crippen LogP contribution in [0.25, 0.3) is 0 Å². The molecule has 0 radical (unpaired) electrons. The minimum absolute atomic E-state index is 0.0506. The number of sulfonamides is 1. The number of carbonyl (C=O) groups excluding carboxylic acids is 1. The highest BCUT2D eigenvalue weighted by Gasteiger charge is 2.23. The third kappa shape index (κ3) is 5.01. The second-order valence-electron chi connectivity index (χ2n) is 6.29. The summed E-state index contributed by atoms with van der Waals surface area (Å²) in [6, 6.07) is 6.15. The zero-order chi connectivity index (χ0) is 18.4. The molecular formula is C17H27N3O4S. The molecule has 8 heteroatoms. The second-order valence-corrected chi connectivity index (χ2v) is 8.44. The topological polar surface area (TPSA) is 70.2 Å². The predicted molar refractivity (Wildman–Crippen MR) is 96.2 cm³/mol. The maximum Gasteiger partial charge on any atom is 0.253 e. The first kappa shape index (κ1) is 19.8. The number of nitrogens with zero attached hydrogens (tertiary/aromatic N) is 3. The number of hydrogen-bond donors (Lipinski definition) is 0. The maximum absolute atomic E-state index is 12.6. The van der Waals surface area contributed by atoms with Gasteiger partial charge in [-0.15, -0.1) is 0 Å². The van der Waals surface area contributed by atoms with Crippen molar-refractivity contribution in [2.75, 3.05) is 60.5 Å². The average Bonchev–Trinajstić information content (AvgIpc) is 2.62. The molecule has 1 amide bonds. The molecule has 0 unspecified atom stereocenters. The summed E-state index contributed by atoms with van der Waals surface area (Å²) in [7, 11) is 1.20. The minimum atomic E-state index is -3.47. The summed E-state index contributed by atoms with van der Waals surface area (Å²) in [4.78, 5) is 16.9. The largest absolute Gasteiger partial charge is 0.385 e. The number of ether oxygens (including phenoxy) is 1. The molecule has 25 heavy (non-hydrogen) atoms. The molecule has 1 aromatic carbocycles. The molecule has 0 atom stereocenters. The van der Waals surface area contributed by atoms with E-state index in [4.69, 9.17) is 4.74 Å². The summed E-state index contributed by atoms with van der Waals surface area (Å²) in [6.45, 7) is 4.80. The highest BCUT2D eigenvalue weighted by atomic mass is 32.2. The van der Waals surface area contributed by atoms with Crippen LogP contribution in [-0.2, 0) is 14.8 Å². The van der Waals surface area contributed by atoms with Crippen LogP contribution in [0.3, 0.4) is 0 Å². The van der Waals surface area contributed by atoms with Crippen LogP contribution < -0.4 is 0 Å². The molecule has 0 N–H and O–H groups in total. The van der Waals surface area contributed by atoms with Gasteiger partial charge in [0.2, 0.25) is 10.0 Å². The Labute approximate surface area is 150 Å². The minimum Gasteiger partial charge on any atom is -0.385 e. The van der Waals surface area contributed by atoms with Gasteiger partial charge in [0.05, 0.1) is 4.90 Å². The van der Waals surface area contributed by atoms with Crippen LogP contribution in [0.4, 0.5) is 0 Å². The molecule has 1 saturated heterocycles. The van der Waals surface area contributed by atoms with Gasteiger partial charge in [-0.05, 0) is 30.7 Å². The van der Waals surface area contributed by atoms with E-state index in [1.54, 1.807) is 19.2 Å². The Kier molecular flexibility index (Phi) is 6.95.